The van der Waals surface area contributed by atoms with E-state index in [1.54, 1.807) is 13.8 Å². The Labute approximate surface area is 142 Å². The highest BCUT2D eigenvalue weighted by molar-refractivity contribution is 5.80. The van der Waals surface area contributed by atoms with Crippen LogP contribution < -0.4 is 0 Å². The van der Waals surface area contributed by atoms with Crippen molar-refractivity contribution in [3.63, 3.8) is 0 Å². The molecule has 23 heavy (non-hydrogen) atoms. The van der Waals surface area contributed by atoms with Gasteiger partial charge in [-0.15, -0.1) is 0 Å². The van der Waals surface area contributed by atoms with Crippen LogP contribution in [0.5, 0.6) is 0 Å². The fraction of sp³-hybridized carbons (Fsp3) is 0.895. The van der Waals surface area contributed by atoms with Crippen molar-refractivity contribution in [2.24, 2.45) is 5.92 Å². The molecule has 1 atom stereocenters. The minimum atomic E-state index is -0.809. The molecular formula is C19H36O4. The van der Waals surface area contributed by atoms with Gasteiger partial charge in [-0.25, -0.2) is 4.79 Å². The Morgan fingerprint density at radius 1 is 0.783 bits per heavy atom. The van der Waals surface area contributed by atoms with E-state index in [2.05, 4.69) is 13.8 Å². The van der Waals surface area contributed by atoms with Crippen molar-refractivity contribution >= 4 is 11.9 Å². The van der Waals surface area contributed by atoms with Crippen molar-refractivity contribution in [3.8, 4) is 0 Å². The first-order valence-electron chi connectivity index (χ1n) is 9.43. The van der Waals surface area contributed by atoms with Crippen molar-refractivity contribution in [2.75, 3.05) is 6.61 Å². The lowest BCUT2D eigenvalue weighted by Crippen LogP contribution is -2.29. The SMILES string of the molecule is CCCCCCC(CCCCCC)C(=O)OC(C)C(=O)OCC. The lowest BCUT2D eigenvalue weighted by molar-refractivity contribution is -0.169. The van der Waals surface area contributed by atoms with E-state index < -0.39 is 12.1 Å². The second-order valence-electron chi connectivity index (χ2n) is 6.23. The highest BCUT2D eigenvalue weighted by atomic mass is 16.6. The highest BCUT2D eigenvalue weighted by Crippen LogP contribution is 2.20. The molecule has 4 heteroatoms. The average Bonchev–Trinajstić information content (AvgIpc) is 2.53. The smallest absolute Gasteiger partial charge is 0.347 e. The topological polar surface area (TPSA) is 52.6 Å². The summed E-state index contributed by atoms with van der Waals surface area (Å²) in [7, 11) is 0. The molecule has 0 aliphatic carbocycles. The van der Waals surface area contributed by atoms with Crippen LogP contribution in [0, 0.1) is 5.92 Å². The van der Waals surface area contributed by atoms with Crippen molar-refractivity contribution in [1.82, 2.24) is 0 Å². The summed E-state index contributed by atoms with van der Waals surface area (Å²) in [4.78, 5) is 24.0. The first-order chi connectivity index (χ1) is 11.1. The molecule has 0 aromatic heterocycles. The third-order valence-corrected chi connectivity index (χ3v) is 4.06. The average molecular weight is 328 g/mol. The predicted octanol–water partition coefficient (Wildman–Crippen LogP) is 5.04. The molecule has 136 valence electrons. The van der Waals surface area contributed by atoms with Gasteiger partial charge in [-0.1, -0.05) is 65.2 Å². The Morgan fingerprint density at radius 2 is 1.30 bits per heavy atom. The molecule has 0 amide bonds. The van der Waals surface area contributed by atoms with Gasteiger partial charge in [-0.3, -0.25) is 4.79 Å². The van der Waals surface area contributed by atoms with Crippen LogP contribution in [-0.4, -0.2) is 24.6 Å². The fourth-order valence-corrected chi connectivity index (χ4v) is 2.59. The number of unbranched alkanes of at least 4 members (excludes halogenated alkanes) is 6. The van der Waals surface area contributed by atoms with Crippen LogP contribution in [0.25, 0.3) is 0 Å². The summed E-state index contributed by atoms with van der Waals surface area (Å²) in [6.45, 7) is 7.99. The summed E-state index contributed by atoms with van der Waals surface area (Å²) in [5.41, 5.74) is 0. The quantitative estimate of drug-likeness (QED) is 0.331. The van der Waals surface area contributed by atoms with Gasteiger partial charge in [0.05, 0.1) is 12.5 Å². The van der Waals surface area contributed by atoms with E-state index >= 15 is 0 Å². The molecule has 0 saturated heterocycles. The Kier molecular flexibility index (Phi) is 13.9. The zero-order valence-electron chi connectivity index (χ0n) is 15.6. The van der Waals surface area contributed by atoms with Gasteiger partial charge in [0, 0.05) is 0 Å². The van der Waals surface area contributed by atoms with Crippen LogP contribution in [0.2, 0.25) is 0 Å². The lowest BCUT2D eigenvalue weighted by Gasteiger charge is -2.19. The molecule has 0 aliphatic rings. The van der Waals surface area contributed by atoms with E-state index in [1.807, 2.05) is 0 Å². The van der Waals surface area contributed by atoms with Crippen LogP contribution in [0.4, 0.5) is 0 Å². The third-order valence-electron chi connectivity index (χ3n) is 4.06. The zero-order valence-corrected chi connectivity index (χ0v) is 15.6. The molecule has 1 unspecified atom stereocenters. The van der Waals surface area contributed by atoms with E-state index in [4.69, 9.17) is 9.47 Å². The summed E-state index contributed by atoms with van der Waals surface area (Å²) >= 11 is 0. The maximum absolute atomic E-state index is 12.4. The zero-order chi connectivity index (χ0) is 17.5. The third kappa shape index (κ3) is 11.2. The number of ether oxygens (including phenoxy) is 2. The van der Waals surface area contributed by atoms with E-state index in [1.165, 1.54) is 25.7 Å². The Morgan fingerprint density at radius 3 is 1.74 bits per heavy atom. The maximum atomic E-state index is 12.4. The van der Waals surface area contributed by atoms with Crippen molar-refractivity contribution in [1.29, 1.82) is 0 Å². The lowest BCUT2D eigenvalue weighted by atomic mass is 9.94. The van der Waals surface area contributed by atoms with Crippen LogP contribution in [-0.2, 0) is 19.1 Å². The number of carbonyl (C=O) groups excluding carboxylic acids is 2. The largest absolute Gasteiger partial charge is 0.463 e. The monoisotopic (exact) mass is 328 g/mol. The van der Waals surface area contributed by atoms with Gasteiger partial charge in [-0.05, 0) is 26.7 Å². The molecule has 4 nitrogen and oxygen atoms in total. The number of hydrogen-bond acceptors (Lipinski definition) is 4. The molecule has 0 radical (unpaired) electrons. The van der Waals surface area contributed by atoms with Crippen LogP contribution in [0.15, 0.2) is 0 Å². The van der Waals surface area contributed by atoms with E-state index in [0.717, 1.165) is 38.5 Å². The second kappa shape index (κ2) is 14.5. The van der Waals surface area contributed by atoms with Gasteiger partial charge in [-0.2, -0.15) is 0 Å². The molecule has 0 saturated carbocycles. The molecule has 0 aliphatic heterocycles. The Hall–Kier alpha value is -1.06. The van der Waals surface area contributed by atoms with E-state index in [9.17, 15) is 9.59 Å². The number of carbonyl (C=O) groups is 2. The molecule has 0 aromatic rings. The van der Waals surface area contributed by atoms with Crippen LogP contribution in [0.3, 0.4) is 0 Å². The van der Waals surface area contributed by atoms with Gasteiger partial charge >= 0.3 is 11.9 Å². The molecule has 0 N–H and O–H groups in total. The van der Waals surface area contributed by atoms with Crippen LogP contribution in [0.1, 0.15) is 91.9 Å². The second-order valence-corrected chi connectivity index (χ2v) is 6.23. The fourth-order valence-electron chi connectivity index (χ4n) is 2.59. The van der Waals surface area contributed by atoms with Gasteiger partial charge in [0.2, 0.25) is 0 Å². The van der Waals surface area contributed by atoms with Gasteiger partial charge in [0.15, 0.2) is 6.10 Å². The normalized spacial score (nSPS) is 12.2. The molecule has 0 rings (SSSR count). The van der Waals surface area contributed by atoms with Gasteiger partial charge in [0.1, 0.15) is 0 Å². The predicted molar refractivity (Wildman–Crippen MR) is 93.2 cm³/mol. The standard InChI is InChI=1S/C19H36O4/c1-5-8-10-12-14-17(15-13-11-9-6-2)19(21)23-16(4)18(20)22-7-3/h16-17H,5-15H2,1-4H3. The summed E-state index contributed by atoms with van der Waals surface area (Å²) in [6.07, 6.45) is 10.1. The number of esters is 2. The van der Waals surface area contributed by atoms with Crippen molar-refractivity contribution in [3.05, 3.63) is 0 Å². The molecule has 0 spiro atoms. The maximum Gasteiger partial charge on any atom is 0.347 e. The summed E-state index contributed by atoms with van der Waals surface area (Å²) in [5.74, 6) is -0.782. The first-order valence-corrected chi connectivity index (χ1v) is 9.43. The number of hydrogen-bond donors (Lipinski definition) is 0. The molecule has 0 fully saturated rings. The summed E-state index contributed by atoms with van der Waals surface area (Å²) in [6, 6.07) is 0. The van der Waals surface area contributed by atoms with Gasteiger partial charge < -0.3 is 9.47 Å². The summed E-state index contributed by atoms with van der Waals surface area (Å²) < 4.78 is 10.2. The Bertz CT molecular complexity index is 302. The van der Waals surface area contributed by atoms with Gasteiger partial charge in [0.25, 0.3) is 0 Å². The summed E-state index contributed by atoms with van der Waals surface area (Å²) in [5, 5.41) is 0. The van der Waals surface area contributed by atoms with Crippen molar-refractivity contribution in [2.45, 2.75) is 98.0 Å². The molecule has 0 bridgehead atoms. The molecular weight excluding hydrogens is 292 g/mol. The highest BCUT2D eigenvalue weighted by Gasteiger charge is 2.25. The van der Waals surface area contributed by atoms with Crippen LogP contribution >= 0.6 is 0 Å². The Balaban J connectivity index is 4.37. The molecule has 0 aromatic carbocycles. The number of rotatable bonds is 14. The minimum Gasteiger partial charge on any atom is -0.463 e. The van der Waals surface area contributed by atoms with E-state index in [0.29, 0.717) is 6.61 Å². The van der Waals surface area contributed by atoms with E-state index in [-0.39, 0.29) is 11.9 Å². The minimum absolute atomic E-state index is 0.0828. The first kappa shape index (κ1) is 21.9. The van der Waals surface area contributed by atoms with Crippen molar-refractivity contribution < 1.29 is 19.1 Å². The molecule has 0 heterocycles.